The number of nitrogens with one attached hydrogen (secondary N) is 3. The van der Waals surface area contributed by atoms with Gasteiger partial charge in [0.15, 0.2) is 0 Å². The lowest BCUT2D eigenvalue weighted by molar-refractivity contribution is -0.142. The van der Waals surface area contributed by atoms with Crippen molar-refractivity contribution in [2.24, 2.45) is 17.8 Å². The standard InChI is InChI=1S/C41H52N6O10S/c1-3-26-22-41(26,38(51)45-58(53,54)29-16-17-29)44-35(48)32-21-28-23-47(32)37(50)34(25-11-6-7-12-25)43-40(52)57-33-14-9-13-24(33)10-5-4-8-19-46-36(49)30-18-15-27(55-2)20-31(30)42-39(46)56-28/h3-4,8,15,18,20,24-26,28-29,32-34H,1,5-7,9-14,16-17,19,21-23H2,2H3,(H,43,52)(H,44,48)(H,45,51)/b8-4+/t24-,26-,28-,32+,33-,34+,41-/m1/s1. The number of carbonyl (C=O) groups is 4. The Morgan fingerprint density at radius 3 is 2.52 bits per heavy atom. The molecule has 3 heterocycles. The van der Waals surface area contributed by atoms with E-state index in [4.69, 9.17) is 19.2 Å². The number of hydrogen-bond acceptors (Lipinski definition) is 11. The van der Waals surface area contributed by atoms with E-state index in [-0.39, 0.29) is 55.4 Å². The molecule has 16 nitrogen and oxygen atoms in total. The predicted molar refractivity (Wildman–Crippen MR) is 211 cm³/mol. The van der Waals surface area contributed by atoms with E-state index < -0.39 is 68.7 Å². The molecule has 4 amide bonds. The van der Waals surface area contributed by atoms with Crippen LogP contribution in [0.25, 0.3) is 10.9 Å². The Labute approximate surface area is 337 Å². The van der Waals surface area contributed by atoms with Crippen molar-refractivity contribution in [3.8, 4) is 11.8 Å². The third kappa shape index (κ3) is 7.93. The number of allylic oxidation sites excluding steroid dienone is 2. The van der Waals surface area contributed by atoms with Crippen LogP contribution in [0.5, 0.6) is 11.8 Å². The van der Waals surface area contributed by atoms with Gasteiger partial charge in [-0.25, -0.2) is 13.2 Å². The SMILES string of the molecule is C=C[C@@H]1C[C@]1(NC(=O)[C@@H]1C[C@@H]2CN1C(=O)[C@H](C1CCCC1)NC(=O)O[C@@H]1CCC[C@H]1CC/C=C/Cn1c(nc3cc(OC)ccc3c1=O)O2)C(=O)NS(=O)(=O)C1CC1. The smallest absolute Gasteiger partial charge is 0.408 e. The lowest BCUT2D eigenvalue weighted by Gasteiger charge is -2.32. The summed E-state index contributed by atoms with van der Waals surface area (Å²) < 4.78 is 47.1. The molecule has 3 N–H and O–H groups in total. The van der Waals surface area contributed by atoms with E-state index in [1.165, 1.54) is 22.7 Å². The molecule has 7 atom stereocenters. The lowest BCUT2D eigenvalue weighted by Crippen LogP contribution is -2.59. The molecule has 1 aromatic heterocycles. The Kier molecular flexibility index (Phi) is 11.0. The van der Waals surface area contributed by atoms with Gasteiger partial charge in [-0.1, -0.05) is 31.1 Å². The molecule has 4 aliphatic carbocycles. The van der Waals surface area contributed by atoms with Crippen LogP contribution in [0.3, 0.4) is 0 Å². The number of benzene rings is 1. The topological polar surface area (TPSA) is 204 Å². The van der Waals surface area contributed by atoms with E-state index >= 15 is 0 Å². The van der Waals surface area contributed by atoms with Crippen LogP contribution in [0.15, 0.2) is 47.8 Å². The second-order valence-electron chi connectivity index (χ2n) is 16.7. The number of aromatic nitrogens is 2. The third-order valence-electron chi connectivity index (χ3n) is 12.9. The maximum atomic E-state index is 14.9. The number of amides is 4. The van der Waals surface area contributed by atoms with Gasteiger partial charge in [0.05, 0.1) is 29.8 Å². The lowest BCUT2D eigenvalue weighted by atomic mass is 9.96. The first-order valence-electron chi connectivity index (χ1n) is 20.6. The summed E-state index contributed by atoms with van der Waals surface area (Å²) in [5.41, 5.74) is -1.58. The first kappa shape index (κ1) is 39.9. The Bertz CT molecular complexity index is 2180. The molecule has 2 aromatic rings. The molecule has 1 saturated heterocycles. The van der Waals surface area contributed by atoms with Gasteiger partial charge < -0.3 is 29.7 Å². The van der Waals surface area contributed by atoms with E-state index in [1.807, 2.05) is 12.2 Å². The van der Waals surface area contributed by atoms with E-state index in [1.54, 1.807) is 18.2 Å². The normalized spacial score (nSPS) is 31.1. The van der Waals surface area contributed by atoms with E-state index in [0.717, 1.165) is 32.1 Å². The number of sulfonamides is 1. The van der Waals surface area contributed by atoms with Crippen molar-refractivity contribution in [2.45, 2.75) is 125 Å². The number of methoxy groups -OCH3 is 1. The number of carbonyl (C=O) groups excluding carboxylic acids is 4. The van der Waals surface area contributed by atoms with Crippen molar-refractivity contribution < 1.29 is 41.8 Å². The van der Waals surface area contributed by atoms with Crippen LogP contribution < -0.4 is 30.4 Å². The van der Waals surface area contributed by atoms with Gasteiger partial charge in [-0.05, 0) is 88.2 Å². The average Bonchev–Trinajstić information content (AvgIpc) is 3.99. The predicted octanol–water partition coefficient (Wildman–Crippen LogP) is 3.23. The summed E-state index contributed by atoms with van der Waals surface area (Å²) in [5.74, 6) is -2.17. The molecule has 6 aliphatic rings. The maximum Gasteiger partial charge on any atom is 0.408 e. The van der Waals surface area contributed by atoms with Crippen LogP contribution in [-0.2, 0) is 35.7 Å². The first-order valence-corrected chi connectivity index (χ1v) is 22.1. The van der Waals surface area contributed by atoms with Crippen molar-refractivity contribution in [3.05, 3.63) is 53.4 Å². The zero-order valence-electron chi connectivity index (χ0n) is 32.7. The molecule has 4 saturated carbocycles. The second-order valence-corrected chi connectivity index (χ2v) is 18.7. The summed E-state index contributed by atoms with van der Waals surface area (Å²) in [7, 11) is -2.42. The van der Waals surface area contributed by atoms with Gasteiger partial charge in [0, 0.05) is 24.9 Å². The summed E-state index contributed by atoms with van der Waals surface area (Å²) >= 11 is 0. The fraction of sp³-hybridized carbons (Fsp3) is 0.610. The molecular weight excluding hydrogens is 769 g/mol. The minimum atomic E-state index is -3.93. The van der Waals surface area contributed by atoms with Gasteiger partial charge in [0.25, 0.3) is 17.5 Å². The van der Waals surface area contributed by atoms with Crippen molar-refractivity contribution in [3.63, 3.8) is 0 Å². The fourth-order valence-corrected chi connectivity index (χ4v) is 10.7. The Hall–Kier alpha value is -4.93. The highest BCUT2D eigenvalue weighted by molar-refractivity contribution is 7.91. The number of nitrogens with zero attached hydrogens (tertiary/aromatic N) is 3. The van der Waals surface area contributed by atoms with Gasteiger partial charge in [-0.3, -0.25) is 28.5 Å². The number of rotatable bonds is 8. The molecule has 2 aliphatic heterocycles. The van der Waals surface area contributed by atoms with Crippen LogP contribution >= 0.6 is 0 Å². The molecule has 1 aromatic carbocycles. The highest BCUT2D eigenvalue weighted by atomic mass is 32.2. The van der Waals surface area contributed by atoms with Crippen molar-refractivity contribution in [1.29, 1.82) is 0 Å². The minimum Gasteiger partial charge on any atom is -0.497 e. The quantitative estimate of drug-likeness (QED) is 0.330. The number of ether oxygens (including phenoxy) is 3. The molecule has 0 spiro atoms. The largest absolute Gasteiger partial charge is 0.497 e. The summed E-state index contributed by atoms with van der Waals surface area (Å²) in [6, 6.07) is 2.77. The van der Waals surface area contributed by atoms with Crippen LogP contribution in [0, 0.1) is 17.8 Å². The van der Waals surface area contributed by atoms with Gasteiger partial charge >= 0.3 is 6.09 Å². The number of hydrogen-bond donors (Lipinski definition) is 3. The van der Waals surface area contributed by atoms with Crippen LogP contribution in [-0.4, -0.2) is 95.4 Å². The summed E-state index contributed by atoms with van der Waals surface area (Å²) in [6.07, 6.45) is 11.6. The van der Waals surface area contributed by atoms with Gasteiger partial charge in [0.1, 0.15) is 35.6 Å². The van der Waals surface area contributed by atoms with Crippen LogP contribution in [0.2, 0.25) is 0 Å². The number of fused-ring (bicyclic) bond motifs is 5. The molecule has 8 rings (SSSR count). The molecule has 58 heavy (non-hydrogen) atoms. The zero-order chi connectivity index (χ0) is 40.8. The molecule has 312 valence electrons. The Morgan fingerprint density at radius 2 is 1.79 bits per heavy atom. The van der Waals surface area contributed by atoms with E-state index in [9.17, 15) is 32.4 Å². The fourth-order valence-electron chi connectivity index (χ4n) is 9.35. The van der Waals surface area contributed by atoms with Gasteiger partial charge in [0.2, 0.25) is 21.8 Å². The van der Waals surface area contributed by atoms with E-state index in [0.29, 0.717) is 55.2 Å². The second kappa shape index (κ2) is 16.0. The number of alkyl carbamates (subject to hydrolysis) is 1. The highest BCUT2D eigenvalue weighted by Crippen LogP contribution is 2.46. The Balaban J connectivity index is 1.15. The van der Waals surface area contributed by atoms with Gasteiger partial charge in [-0.15, -0.1) is 6.58 Å². The molecule has 5 fully saturated rings. The van der Waals surface area contributed by atoms with E-state index in [2.05, 4.69) is 21.9 Å². The summed E-state index contributed by atoms with van der Waals surface area (Å²) in [5, 5.41) is 5.42. The van der Waals surface area contributed by atoms with Crippen LogP contribution in [0.1, 0.15) is 83.5 Å². The van der Waals surface area contributed by atoms with Gasteiger partial charge in [-0.2, -0.15) is 4.98 Å². The molecule has 2 bridgehead atoms. The first-order chi connectivity index (χ1) is 27.9. The molecular formula is C41H52N6O10S. The van der Waals surface area contributed by atoms with Crippen molar-refractivity contribution in [1.82, 2.24) is 29.8 Å². The molecule has 0 radical (unpaired) electrons. The summed E-state index contributed by atoms with van der Waals surface area (Å²) in [4.78, 5) is 76.8. The van der Waals surface area contributed by atoms with Crippen molar-refractivity contribution >= 4 is 44.7 Å². The third-order valence-corrected chi connectivity index (χ3v) is 14.7. The van der Waals surface area contributed by atoms with Crippen molar-refractivity contribution in [2.75, 3.05) is 13.7 Å². The molecule has 0 unspecified atom stereocenters. The Morgan fingerprint density at radius 1 is 1.02 bits per heavy atom. The minimum absolute atomic E-state index is 0.00470. The zero-order valence-corrected chi connectivity index (χ0v) is 33.5. The monoisotopic (exact) mass is 820 g/mol. The van der Waals surface area contributed by atoms with Crippen LogP contribution in [0.4, 0.5) is 4.79 Å². The maximum absolute atomic E-state index is 14.9. The summed E-state index contributed by atoms with van der Waals surface area (Å²) in [6.45, 7) is 3.83. The highest BCUT2D eigenvalue weighted by Gasteiger charge is 2.62. The molecule has 17 heteroatoms. The average molecular weight is 821 g/mol.